The van der Waals surface area contributed by atoms with Gasteiger partial charge in [0.25, 0.3) is 0 Å². The van der Waals surface area contributed by atoms with E-state index in [9.17, 15) is 8.78 Å². The van der Waals surface area contributed by atoms with Crippen molar-refractivity contribution in [2.24, 2.45) is 4.99 Å². The number of hydrogen-bond donors (Lipinski definition) is 2. The van der Waals surface area contributed by atoms with Crippen LogP contribution in [0.1, 0.15) is 37.7 Å². The zero-order valence-corrected chi connectivity index (χ0v) is 16.0. The number of alkyl halides is 2. The molecule has 0 aromatic heterocycles. The molecule has 1 aromatic carbocycles. The van der Waals surface area contributed by atoms with Gasteiger partial charge in [-0.25, -0.2) is 0 Å². The lowest BCUT2D eigenvalue weighted by molar-refractivity contribution is -0.0504. The molecule has 6 nitrogen and oxygen atoms in total. The summed E-state index contributed by atoms with van der Waals surface area (Å²) in [6.45, 7) is -1.17. The van der Waals surface area contributed by atoms with E-state index in [-0.39, 0.29) is 12.3 Å². The number of aliphatic imine (C=N–C) groups is 1. The molecule has 1 saturated carbocycles. The molecule has 0 bridgehead atoms. The fourth-order valence-corrected chi connectivity index (χ4v) is 3.02. The number of nitrogens with zero attached hydrogens (tertiary/aromatic N) is 1. The summed E-state index contributed by atoms with van der Waals surface area (Å²) in [7, 11) is 3.18. The highest BCUT2D eigenvalue weighted by Crippen LogP contribution is 2.25. The molecule has 0 spiro atoms. The quantitative estimate of drug-likeness (QED) is 0.368. The Morgan fingerprint density at radius 1 is 1.26 bits per heavy atom. The van der Waals surface area contributed by atoms with Crippen LogP contribution in [-0.4, -0.2) is 46.0 Å². The van der Waals surface area contributed by atoms with Gasteiger partial charge in [0.15, 0.2) is 5.96 Å². The molecule has 0 atom stereocenters. The van der Waals surface area contributed by atoms with Crippen molar-refractivity contribution in [2.45, 2.75) is 51.4 Å². The summed E-state index contributed by atoms with van der Waals surface area (Å²) >= 11 is 0. The van der Waals surface area contributed by atoms with Crippen molar-refractivity contribution in [1.82, 2.24) is 10.6 Å². The van der Waals surface area contributed by atoms with Crippen LogP contribution in [0.4, 0.5) is 8.78 Å². The third-order valence-electron chi connectivity index (χ3n) is 4.42. The Morgan fingerprint density at radius 3 is 2.70 bits per heavy atom. The monoisotopic (exact) mass is 385 g/mol. The molecule has 0 aliphatic heterocycles. The summed E-state index contributed by atoms with van der Waals surface area (Å²) in [6, 6.07) is 4.71. The lowest BCUT2D eigenvalue weighted by atomic mass is 10.2. The van der Waals surface area contributed by atoms with Crippen molar-refractivity contribution in [3.63, 3.8) is 0 Å². The largest absolute Gasteiger partial charge is 0.497 e. The number of halogens is 2. The molecule has 1 aliphatic carbocycles. The third kappa shape index (κ3) is 7.58. The van der Waals surface area contributed by atoms with E-state index in [0.29, 0.717) is 29.9 Å². The van der Waals surface area contributed by atoms with Crippen LogP contribution in [-0.2, 0) is 11.3 Å². The Morgan fingerprint density at radius 2 is 2.04 bits per heavy atom. The molecule has 0 unspecified atom stereocenters. The van der Waals surface area contributed by atoms with Gasteiger partial charge in [0.05, 0.1) is 13.2 Å². The molecule has 1 fully saturated rings. The first-order chi connectivity index (χ1) is 13.1. The number of nitrogens with one attached hydrogen (secondary N) is 2. The number of hydrogen-bond acceptors (Lipinski definition) is 4. The van der Waals surface area contributed by atoms with Gasteiger partial charge in [-0.15, -0.1) is 0 Å². The van der Waals surface area contributed by atoms with Crippen LogP contribution >= 0.6 is 0 Å². The van der Waals surface area contributed by atoms with Crippen molar-refractivity contribution < 1.29 is 23.0 Å². The molecule has 2 rings (SSSR count). The molecule has 27 heavy (non-hydrogen) atoms. The average molecular weight is 385 g/mol. The van der Waals surface area contributed by atoms with Gasteiger partial charge in [-0.1, -0.05) is 12.8 Å². The first-order valence-electron chi connectivity index (χ1n) is 9.30. The number of rotatable bonds is 10. The zero-order chi connectivity index (χ0) is 19.5. The predicted molar refractivity (Wildman–Crippen MR) is 101 cm³/mol. The van der Waals surface area contributed by atoms with Crippen LogP contribution in [0.5, 0.6) is 11.5 Å². The van der Waals surface area contributed by atoms with E-state index in [4.69, 9.17) is 9.47 Å². The highest BCUT2D eigenvalue weighted by Gasteiger charge is 2.15. The van der Waals surface area contributed by atoms with Gasteiger partial charge in [-0.05, 0) is 37.5 Å². The zero-order valence-electron chi connectivity index (χ0n) is 16.0. The smallest absolute Gasteiger partial charge is 0.387 e. The summed E-state index contributed by atoms with van der Waals surface area (Å²) in [4.78, 5) is 4.14. The Balaban J connectivity index is 1.77. The Hall–Kier alpha value is -2.09. The normalized spacial score (nSPS) is 15.2. The minimum atomic E-state index is -2.88. The predicted octanol–water partition coefficient (Wildman–Crippen LogP) is 3.31. The molecule has 0 saturated heterocycles. The maximum atomic E-state index is 12.6. The van der Waals surface area contributed by atoms with Crippen LogP contribution in [0.15, 0.2) is 23.2 Å². The van der Waals surface area contributed by atoms with Gasteiger partial charge in [-0.3, -0.25) is 4.99 Å². The van der Waals surface area contributed by atoms with Crippen molar-refractivity contribution in [3.8, 4) is 11.5 Å². The van der Waals surface area contributed by atoms with Crippen LogP contribution in [0.2, 0.25) is 0 Å². The Bertz CT molecular complexity index is 594. The van der Waals surface area contributed by atoms with E-state index in [2.05, 4.69) is 20.4 Å². The minimum Gasteiger partial charge on any atom is -0.497 e. The van der Waals surface area contributed by atoms with Gasteiger partial charge in [0.2, 0.25) is 0 Å². The molecule has 0 radical (unpaired) electrons. The maximum absolute atomic E-state index is 12.6. The van der Waals surface area contributed by atoms with E-state index in [1.54, 1.807) is 19.2 Å². The lowest BCUT2D eigenvalue weighted by Gasteiger charge is -2.16. The Kier molecular flexibility index (Phi) is 9.10. The van der Waals surface area contributed by atoms with E-state index in [1.165, 1.54) is 38.9 Å². The minimum absolute atomic E-state index is 0.110. The van der Waals surface area contributed by atoms with Crippen LogP contribution in [0, 0.1) is 0 Å². The number of methoxy groups -OCH3 is 1. The maximum Gasteiger partial charge on any atom is 0.387 e. The fraction of sp³-hybridized carbons (Fsp3) is 0.632. The van der Waals surface area contributed by atoms with Gasteiger partial charge in [0, 0.05) is 32.3 Å². The van der Waals surface area contributed by atoms with Gasteiger partial charge >= 0.3 is 6.61 Å². The second-order valence-electron chi connectivity index (χ2n) is 6.34. The Labute approximate surface area is 159 Å². The van der Waals surface area contributed by atoms with Gasteiger partial charge in [0.1, 0.15) is 11.5 Å². The van der Waals surface area contributed by atoms with Crippen LogP contribution in [0.25, 0.3) is 0 Å². The molecule has 0 amide bonds. The summed E-state index contributed by atoms with van der Waals surface area (Å²) in [5, 5.41) is 6.29. The molecule has 152 valence electrons. The van der Waals surface area contributed by atoms with Crippen molar-refractivity contribution in [1.29, 1.82) is 0 Å². The van der Waals surface area contributed by atoms with Crippen molar-refractivity contribution >= 4 is 5.96 Å². The van der Waals surface area contributed by atoms with E-state index < -0.39 is 6.61 Å². The molecule has 1 aromatic rings. The molecular weight excluding hydrogens is 356 g/mol. The first-order valence-corrected chi connectivity index (χ1v) is 9.30. The third-order valence-corrected chi connectivity index (χ3v) is 4.42. The average Bonchev–Trinajstić information content (AvgIpc) is 3.18. The highest BCUT2D eigenvalue weighted by atomic mass is 19.3. The first kappa shape index (κ1) is 21.2. The van der Waals surface area contributed by atoms with Crippen molar-refractivity contribution in [2.75, 3.05) is 27.3 Å². The lowest BCUT2D eigenvalue weighted by Crippen LogP contribution is -2.37. The molecule has 1 aliphatic rings. The van der Waals surface area contributed by atoms with E-state index in [1.807, 2.05) is 0 Å². The van der Waals surface area contributed by atoms with Crippen LogP contribution < -0.4 is 20.1 Å². The van der Waals surface area contributed by atoms with E-state index >= 15 is 0 Å². The van der Waals surface area contributed by atoms with Crippen molar-refractivity contribution in [3.05, 3.63) is 23.8 Å². The summed E-state index contributed by atoms with van der Waals surface area (Å²) in [5.74, 6) is 1.26. The standard InChI is InChI=1S/C19H29F2N3O3/c1-22-19(23-10-5-11-26-15-6-3-4-7-15)24-13-14-12-16(25-2)8-9-17(14)27-18(20)21/h8-9,12,15,18H,3-7,10-11,13H2,1-2H3,(H2,22,23,24). The summed E-state index contributed by atoms with van der Waals surface area (Å²) in [6.07, 6.45) is 6.15. The number of ether oxygens (including phenoxy) is 3. The topological polar surface area (TPSA) is 64.1 Å². The molecule has 8 heteroatoms. The summed E-state index contributed by atoms with van der Waals surface area (Å²) in [5.41, 5.74) is 0.558. The van der Waals surface area contributed by atoms with Gasteiger partial charge < -0.3 is 24.8 Å². The molecule has 0 heterocycles. The fourth-order valence-electron chi connectivity index (χ4n) is 3.02. The second kappa shape index (κ2) is 11.6. The number of guanidine groups is 1. The molecular formula is C19H29F2N3O3. The number of benzene rings is 1. The van der Waals surface area contributed by atoms with E-state index in [0.717, 1.165) is 13.0 Å². The summed E-state index contributed by atoms with van der Waals surface area (Å²) < 4.78 is 40.7. The molecule has 2 N–H and O–H groups in total. The SMILES string of the molecule is CN=C(NCCCOC1CCCC1)NCc1cc(OC)ccc1OC(F)F. The van der Waals surface area contributed by atoms with Crippen LogP contribution in [0.3, 0.4) is 0 Å². The highest BCUT2D eigenvalue weighted by molar-refractivity contribution is 5.79. The second-order valence-corrected chi connectivity index (χ2v) is 6.34. The van der Waals surface area contributed by atoms with Gasteiger partial charge in [-0.2, -0.15) is 8.78 Å².